The van der Waals surface area contributed by atoms with E-state index in [2.05, 4.69) is 79.3 Å². The number of nitrogens with one attached hydrogen (secondary N) is 1. The third-order valence-corrected chi connectivity index (χ3v) is 5.19. The lowest BCUT2D eigenvalue weighted by atomic mass is 9.97. The van der Waals surface area contributed by atoms with E-state index in [1.54, 1.807) is 0 Å². The van der Waals surface area contributed by atoms with Gasteiger partial charge in [-0.3, -0.25) is 10.4 Å². The molecule has 4 heteroatoms. The minimum absolute atomic E-state index is 0.641. The average Bonchev–Trinajstić information content (AvgIpc) is 3.12. The Bertz CT molecular complexity index is 645. The Labute approximate surface area is 163 Å². The van der Waals surface area contributed by atoms with Crippen molar-refractivity contribution < 1.29 is 0 Å². The van der Waals surface area contributed by atoms with Crippen LogP contribution in [0.4, 0.5) is 11.4 Å². The highest BCUT2D eigenvalue weighted by atomic mass is 15.5. The van der Waals surface area contributed by atoms with Gasteiger partial charge in [-0.15, -0.1) is 0 Å². The number of anilines is 2. The molecule has 0 spiro atoms. The highest BCUT2D eigenvalue weighted by Gasteiger charge is 2.26. The van der Waals surface area contributed by atoms with Crippen molar-refractivity contribution in [2.75, 3.05) is 19.1 Å². The lowest BCUT2D eigenvalue weighted by Gasteiger charge is -2.24. The number of hydrogen-bond donors (Lipinski definition) is 1. The van der Waals surface area contributed by atoms with Gasteiger partial charge in [0.2, 0.25) is 0 Å². The average molecular weight is 365 g/mol. The van der Waals surface area contributed by atoms with E-state index in [0.29, 0.717) is 6.04 Å². The normalized spacial score (nSPS) is 19.8. The first kappa shape index (κ1) is 19.6. The van der Waals surface area contributed by atoms with Gasteiger partial charge in [-0.1, -0.05) is 42.8 Å². The molecular formula is C23H32N4. The van der Waals surface area contributed by atoms with E-state index in [1.165, 1.54) is 32.1 Å². The van der Waals surface area contributed by atoms with Crippen molar-refractivity contribution in [3.63, 3.8) is 0 Å². The van der Waals surface area contributed by atoms with Crippen molar-refractivity contribution in [2.24, 2.45) is 11.0 Å². The highest BCUT2D eigenvalue weighted by molar-refractivity contribution is 5.67. The Kier molecular flexibility index (Phi) is 7.43. The van der Waals surface area contributed by atoms with Crippen LogP contribution >= 0.6 is 0 Å². The van der Waals surface area contributed by atoms with Gasteiger partial charge in [0.25, 0.3) is 0 Å². The molecule has 0 aliphatic heterocycles. The topological polar surface area (TPSA) is 30.9 Å². The molecule has 27 heavy (non-hydrogen) atoms. The van der Waals surface area contributed by atoms with Gasteiger partial charge < -0.3 is 0 Å². The van der Waals surface area contributed by atoms with Crippen LogP contribution in [0.5, 0.6) is 0 Å². The Morgan fingerprint density at radius 1 is 0.963 bits per heavy atom. The maximum atomic E-state index is 4.78. The van der Waals surface area contributed by atoms with Crippen molar-refractivity contribution in [3.05, 3.63) is 60.7 Å². The fourth-order valence-electron chi connectivity index (χ4n) is 3.92. The van der Waals surface area contributed by atoms with Gasteiger partial charge in [0.1, 0.15) is 0 Å². The molecule has 0 unspecified atom stereocenters. The highest BCUT2D eigenvalue weighted by Crippen LogP contribution is 2.30. The van der Waals surface area contributed by atoms with Crippen LogP contribution < -0.4 is 10.4 Å². The maximum Gasteiger partial charge on any atom is 0.0652 e. The van der Waals surface area contributed by atoms with Gasteiger partial charge in [-0.25, -0.2) is 5.01 Å². The van der Waals surface area contributed by atoms with Crippen LogP contribution in [-0.4, -0.2) is 31.4 Å². The summed E-state index contributed by atoms with van der Waals surface area (Å²) in [4.78, 5) is 0. The molecular weight excluding hydrogens is 332 g/mol. The van der Waals surface area contributed by atoms with Crippen molar-refractivity contribution in [1.29, 1.82) is 0 Å². The summed E-state index contributed by atoms with van der Waals surface area (Å²) >= 11 is 0. The summed E-state index contributed by atoms with van der Waals surface area (Å²) in [6.07, 6.45) is 9.55. The monoisotopic (exact) mass is 364 g/mol. The standard InChI is InChI=1S/C23H32N4/c1-26(2)25-23-18-11-13-20(23)12-9-10-19-24-27(21-14-5-3-6-15-21)22-16-7-4-8-17-22/h3-8,14-17,19-20,23,25H,9-13,18H2,1-2H3/b24-19+/t20-,23+/m0/s1. The summed E-state index contributed by atoms with van der Waals surface area (Å²) in [5.41, 5.74) is 5.76. The number of rotatable bonds is 9. The summed E-state index contributed by atoms with van der Waals surface area (Å²) in [6.45, 7) is 0. The molecule has 2 atom stereocenters. The van der Waals surface area contributed by atoms with Gasteiger partial charge in [0.05, 0.1) is 11.4 Å². The van der Waals surface area contributed by atoms with E-state index in [-0.39, 0.29) is 0 Å². The lowest BCUT2D eigenvalue weighted by Crippen LogP contribution is -2.41. The van der Waals surface area contributed by atoms with Crippen molar-refractivity contribution in [3.8, 4) is 0 Å². The Hall–Kier alpha value is -2.17. The summed E-state index contributed by atoms with van der Waals surface area (Å²) in [7, 11) is 4.17. The van der Waals surface area contributed by atoms with E-state index < -0.39 is 0 Å². The fourth-order valence-corrected chi connectivity index (χ4v) is 3.92. The number of benzene rings is 2. The number of hydrogen-bond acceptors (Lipinski definition) is 4. The summed E-state index contributed by atoms with van der Waals surface area (Å²) in [5, 5.41) is 8.90. The predicted molar refractivity (Wildman–Crippen MR) is 115 cm³/mol. The maximum absolute atomic E-state index is 4.78. The third kappa shape index (κ3) is 5.91. The molecule has 144 valence electrons. The SMILES string of the molecule is CN(C)N[C@@H]1CCC[C@@H]1CCC/C=N/N(c1ccccc1)c1ccccc1. The Balaban J connectivity index is 1.55. The van der Waals surface area contributed by atoms with Crippen LogP contribution in [0, 0.1) is 5.92 Å². The third-order valence-electron chi connectivity index (χ3n) is 5.19. The quantitative estimate of drug-likeness (QED) is 0.376. The van der Waals surface area contributed by atoms with Gasteiger partial charge in [0.15, 0.2) is 0 Å². The molecule has 0 amide bonds. The molecule has 1 saturated carbocycles. The smallest absolute Gasteiger partial charge is 0.0652 e. The zero-order valence-corrected chi connectivity index (χ0v) is 16.6. The molecule has 2 aromatic carbocycles. The molecule has 0 aromatic heterocycles. The largest absolute Gasteiger partial charge is 0.252 e. The zero-order valence-electron chi connectivity index (χ0n) is 16.6. The molecule has 0 bridgehead atoms. The summed E-state index contributed by atoms with van der Waals surface area (Å²) in [6, 6.07) is 21.3. The molecule has 0 saturated heterocycles. The first-order valence-corrected chi connectivity index (χ1v) is 10.1. The number of unbranched alkanes of at least 4 members (excludes halogenated alkanes) is 1. The van der Waals surface area contributed by atoms with Crippen LogP contribution in [0.1, 0.15) is 38.5 Å². The number of hydrazine groups is 1. The van der Waals surface area contributed by atoms with E-state index in [4.69, 9.17) is 5.10 Å². The zero-order chi connectivity index (χ0) is 18.9. The van der Waals surface area contributed by atoms with Gasteiger partial charge in [-0.05, 0) is 62.3 Å². The minimum Gasteiger partial charge on any atom is -0.252 e. The molecule has 4 nitrogen and oxygen atoms in total. The van der Waals surface area contributed by atoms with Gasteiger partial charge in [0, 0.05) is 26.4 Å². The molecule has 0 heterocycles. The molecule has 1 aliphatic carbocycles. The molecule has 1 N–H and O–H groups in total. The van der Waals surface area contributed by atoms with Gasteiger partial charge >= 0.3 is 0 Å². The van der Waals surface area contributed by atoms with Crippen LogP contribution in [0.2, 0.25) is 0 Å². The molecule has 1 fully saturated rings. The number of hydrazone groups is 1. The van der Waals surface area contributed by atoms with Crippen molar-refractivity contribution in [2.45, 2.75) is 44.6 Å². The lowest BCUT2D eigenvalue weighted by molar-refractivity contribution is 0.206. The van der Waals surface area contributed by atoms with Crippen molar-refractivity contribution >= 4 is 17.6 Å². The first-order chi connectivity index (χ1) is 13.2. The number of para-hydroxylation sites is 2. The Morgan fingerprint density at radius 2 is 1.59 bits per heavy atom. The molecule has 2 aromatic rings. The Morgan fingerprint density at radius 3 is 2.19 bits per heavy atom. The molecule has 1 aliphatic rings. The summed E-state index contributed by atoms with van der Waals surface area (Å²) < 4.78 is 0. The first-order valence-electron chi connectivity index (χ1n) is 10.1. The van der Waals surface area contributed by atoms with E-state index >= 15 is 0 Å². The second-order valence-corrected chi connectivity index (χ2v) is 7.53. The van der Waals surface area contributed by atoms with Crippen LogP contribution in [0.3, 0.4) is 0 Å². The van der Waals surface area contributed by atoms with Crippen molar-refractivity contribution in [1.82, 2.24) is 10.4 Å². The second kappa shape index (κ2) is 10.2. The van der Waals surface area contributed by atoms with Crippen LogP contribution in [0.25, 0.3) is 0 Å². The second-order valence-electron chi connectivity index (χ2n) is 7.53. The van der Waals surface area contributed by atoms with E-state index in [0.717, 1.165) is 23.7 Å². The predicted octanol–water partition coefficient (Wildman–Crippen LogP) is 5.22. The van der Waals surface area contributed by atoms with Crippen LogP contribution in [0.15, 0.2) is 65.8 Å². The molecule has 3 rings (SSSR count). The molecule has 0 radical (unpaired) electrons. The van der Waals surface area contributed by atoms with E-state index in [1.807, 2.05) is 17.1 Å². The van der Waals surface area contributed by atoms with E-state index in [9.17, 15) is 0 Å². The van der Waals surface area contributed by atoms with Crippen LogP contribution in [-0.2, 0) is 0 Å². The summed E-state index contributed by atoms with van der Waals surface area (Å²) in [5.74, 6) is 0.792. The number of nitrogens with zero attached hydrogens (tertiary/aromatic N) is 3. The minimum atomic E-state index is 0.641. The van der Waals surface area contributed by atoms with Gasteiger partial charge in [-0.2, -0.15) is 5.10 Å². The fraction of sp³-hybridized carbons (Fsp3) is 0.435.